The van der Waals surface area contributed by atoms with Gasteiger partial charge in [0, 0.05) is 12.6 Å². The van der Waals surface area contributed by atoms with E-state index < -0.39 is 35.6 Å². The van der Waals surface area contributed by atoms with Gasteiger partial charge in [-0.3, -0.25) is 9.36 Å². The van der Waals surface area contributed by atoms with Crippen molar-refractivity contribution in [1.29, 1.82) is 0 Å². The largest absolute Gasteiger partial charge is 0.462 e. The van der Waals surface area contributed by atoms with Crippen LogP contribution >= 0.6 is 11.6 Å². The summed E-state index contributed by atoms with van der Waals surface area (Å²) in [5, 5.41) is 10.4. The van der Waals surface area contributed by atoms with E-state index in [2.05, 4.69) is 11.9 Å². The van der Waals surface area contributed by atoms with E-state index in [-0.39, 0.29) is 31.3 Å². The van der Waals surface area contributed by atoms with Gasteiger partial charge in [0.05, 0.1) is 12.4 Å². The summed E-state index contributed by atoms with van der Waals surface area (Å²) in [5.74, 6) is -0.671. The van der Waals surface area contributed by atoms with Crippen LogP contribution in [0.25, 0.3) is 0 Å². The lowest BCUT2D eigenvalue weighted by Gasteiger charge is -2.29. The molecule has 0 aromatic carbocycles. The summed E-state index contributed by atoms with van der Waals surface area (Å²) in [6, 6.07) is 1.40. The Kier molecular flexibility index (Phi) is 8.85. The van der Waals surface area contributed by atoms with Crippen molar-refractivity contribution in [3.8, 4) is 0 Å². The number of hydrogen-bond donors (Lipinski definition) is 2. The molecule has 3 N–H and O–H groups in total. The van der Waals surface area contributed by atoms with Crippen LogP contribution in [0, 0.1) is 0 Å². The second kappa shape index (κ2) is 10.9. The second-order valence-electron chi connectivity index (χ2n) is 7.36. The molecule has 0 amide bonds. The van der Waals surface area contributed by atoms with Crippen molar-refractivity contribution in [1.82, 2.24) is 9.55 Å². The van der Waals surface area contributed by atoms with Gasteiger partial charge in [-0.25, -0.2) is 9.18 Å². The molecule has 2 heterocycles. The van der Waals surface area contributed by atoms with E-state index in [1.807, 2.05) is 0 Å². The van der Waals surface area contributed by atoms with Gasteiger partial charge in [-0.05, 0) is 12.5 Å². The first-order valence-corrected chi connectivity index (χ1v) is 10.4. The molecule has 10 heteroatoms. The van der Waals surface area contributed by atoms with E-state index in [9.17, 15) is 19.1 Å². The SMILES string of the molecule is CCCCCCCC(=O)OC[C@@]1(CCl)O[C@@H](Cn2ccc(N)nc2=O)[C@H](F)[C@@H]1O. The lowest BCUT2D eigenvalue weighted by Crippen LogP contribution is -2.48. The molecular weight excluding hydrogens is 405 g/mol. The van der Waals surface area contributed by atoms with E-state index in [0.717, 1.165) is 30.3 Å². The number of aliphatic hydroxyl groups excluding tert-OH is 1. The molecule has 1 aromatic heterocycles. The first kappa shape index (κ1) is 23.6. The number of anilines is 1. The van der Waals surface area contributed by atoms with E-state index >= 15 is 0 Å². The van der Waals surface area contributed by atoms with Crippen LogP contribution in [0.2, 0.25) is 0 Å². The molecule has 0 saturated carbocycles. The van der Waals surface area contributed by atoms with Crippen LogP contribution in [0.3, 0.4) is 0 Å². The number of alkyl halides is 2. The Morgan fingerprint density at radius 2 is 2.17 bits per heavy atom. The highest BCUT2D eigenvalue weighted by atomic mass is 35.5. The molecule has 29 heavy (non-hydrogen) atoms. The molecule has 0 spiro atoms. The third-order valence-corrected chi connectivity index (χ3v) is 5.49. The number of nitrogens with zero attached hydrogens (tertiary/aromatic N) is 2. The molecule has 0 radical (unpaired) electrons. The lowest BCUT2D eigenvalue weighted by atomic mass is 9.98. The zero-order chi connectivity index (χ0) is 21.4. The number of aromatic nitrogens is 2. The summed E-state index contributed by atoms with van der Waals surface area (Å²) in [5.41, 5.74) is 3.21. The Morgan fingerprint density at radius 1 is 1.45 bits per heavy atom. The highest BCUT2D eigenvalue weighted by Gasteiger charge is 2.55. The highest BCUT2D eigenvalue weighted by molar-refractivity contribution is 6.18. The van der Waals surface area contributed by atoms with Gasteiger partial charge in [0.25, 0.3) is 0 Å². The number of nitrogen functional groups attached to an aromatic ring is 1. The van der Waals surface area contributed by atoms with Crippen LogP contribution in [0.4, 0.5) is 10.2 Å². The van der Waals surface area contributed by atoms with E-state index in [1.54, 1.807) is 0 Å². The predicted octanol–water partition coefficient (Wildman–Crippen LogP) is 1.80. The number of unbranched alkanes of at least 4 members (excludes halogenated alkanes) is 4. The van der Waals surface area contributed by atoms with Crippen molar-refractivity contribution >= 4 is 23.4 Å². The smallest absolute Gasteiger partial charge is 0.349 e. The minimum Gasteiger partial charge on any atom is -0.462 e. The van der Waals surface area contributed by atoms with Crippen LogP contribution in [0.5, 0.6) is 0 Å². The quantitative estimate of drug-likeness (QED) is 0.310. The standard InChI is InChI=1S/C19H29ClFN3O5/c1-2-3-4-5-6-7-15(25)28-12-19(11-20)17(26)16(21)13(29-19)10-24-9-8-14(22)23-18(24)27/h8-9,13,16-17,26H,2-7,10-12H2,1H3,(H2,22,23,27)/t13-,16-,17-,19+/m0/s1. The summed E-state index contributed by atoms with van der Waals surface area (Å²) >= 11 is 5.95. The molecule has 8 nitrogen and oxygen atoms in total. The summed E-state index contributed by atoms with van der Waals surface area (Å²) in [4.78, 5) is 27.4. The summed E-state index contributed by atoms with van der Waals surface area (Å²) in [6.07, 6.45) is 1.98. The zero-order valence-electron chi connectivity index (χ0n) is 16.6. The van der Waals surface area contributed by atoms with Crippen LogP contribution in [0.1, 0.15) is 45.4 Å². The van der Waals surface area contributed by atoms with Crippen LogP contribution in [-0.2, 0) is 20.8 Å². The molecule has 164 valence electrons. The Hall–Kier alpha value is -1.71. The fraction of sp³-hybridized carbons (Fsp3) is 0.737. The summed E-state index contributed by atoms with van der Waals surface area (Å²) in [6.45, 7) is 1.56. The fourth-order valence-corrected chi connectivity index (χ4v) is 3.56. The van der Waals surface area contributed by atoms with Gasteiger partial charge >= 0.3 is 11.7 Å². The molecule has 0 bridgehead atoms. The Balaban J connectivity index is 1.93. The lowest BCUT2D eigenvalue weighted by molar-refractivity contribution is -0.159. The normalized spacial score (nSPS) is 26.6. The monoisotopic (exact) mass is 433 g/mol. The topological polar surface area (TPSA) is 117 Å². The third-order valence-electron chi connectivity index (χ3n) is 5.04. The van der Waals surface area contributed by atoms with Gasteiger partial charge in [-0.1, -0.05) is 32.6 Å². The van der Waals surface area contributed by atoms with Crippen molar-refractivity contribution in [2.75, 3.05) is 18.2 Å². The minimum atomic E-state index is -1.81. The number of aliphatic hydroxyl groups is 1. The number of carbonyl (C=O) groups excluding carboxylic acids is 1. The van der Waals surface area contributed by atoms with Gasteiger partial charge in [0.2, 0.25) is 0 Å². The number of halogens is 2. The Bertz CT molecular complexity index is 734. The third kappa shape index (κ3) is 6.13. The number of rotatable bonds is 11. The fourth-order valence-electron chi connectivity index (χ4n) is 3.26. The maximum Gasteiger partial charge on any atom is 0.349 e. The minimum absolute atomic E-state index is 0.0483. The van der Waals surface area contributed by atoms with Gasteiger partial charge in [-0.2, -0.15) is 4.98 Å². The Labute approximate surface area is 174 Å². The molecule has 4 atom stereocenters. The average molecular weight is 434 g/mol. The number of ether oxygens (including phenoxy) is 2. The van der Waals surface area contributed by atoms with Crippen molar-refractivity contribution < 1.29 is 23.8 Å². The van der Waals surface area contributed by atoms with Crippen LogP contribution in [-0.4, -0.2) is 57.1 Å². The van der Waals surface area contributed by atoms with Gasteiger partial charge in [0.15, 0.2) is 6.17 Å². The van der Waals surface area contributed by atoms with E-state index in [0.29, 0.717) is 6.42 Å². The molecule has 2 rings (SSSR count). The summed E-state index contributed by atoms with van der Waals surface area (Å²) in [7, 11) is 0. The highest BCUT2D eigenvalue weighted by Crippen LogP contribution is 2.35. The molecule has 0 aliphatic carbocycles. The van der Waals surface area contributed by atoms with Crippen LogP contribution in [0.15, 0.2) is 17.1 Å². The first-order valence-electron chi connectivity index (χ1n) is 9.87. The summed E-state index contributed by atoms with van der Waals surface area (Å²) < 4.78 is 26.7. The molecule has 1 saturated heterocycles. The zero-order valence-corrected chi connectivity index (χ0v) is 17.3. The molecule has 1 aliphatic heterocycles. The van der Waals surface area contributed by atoms with Gasteiger partial charge in [0.1, 0.15) is 30.2 Å². The van der Waals surface area contributed by atoms with E-state index in [4.69, 9.17) is 26.8 Å². The number of esters is 1. The van der Waals surface area contributed by atoms with Gasteiger partial charge < -0.3 is 20.3 Å². The van der Waals surface area contributed by atoms with Crippen LogP contribution < -0.4 is 11.4 Å². The Morgan fingerprint density at radius 3 is 2.83 bits per heavy atom. The van der Waals surface area contributed by atoms with Crippen molar-refractivity contribution in [2.45, 2.75) is 76.0 Å². The van der Waals surface area contributed by atoms with Crippen molar-refractivity contribution in [2.24, 2.45) is 0 Å². The second-order valence-corrected chi connectivity index (χ2v) is 7.62. The van der Waals surface area contributed by atoms with Gasteiger partial charge in [-0.15, -0.1) is 11.6 Å². The van der Waals surface area contributed by atoms with Crippen molar-refractivity contribution in [3.63, 3.8) is 0 Å². The molecule has 0 unspecified atom stereocenters. The van der Waals surface area contributed by atoms with Crippen molar-refractivity contribution in [3.05, 3.63) is 22.7 Å². The maximum absolute atomic E-state index is 14.7. The molecule has 1 aliphatic rings. The molecule has 1 fully saturated rings. The average Bonchev–Trinajstić information content (AvgIpc) is 2.93. The maximum atomic E-state index is 14.7. The predicted molar refractivity (Wildman–Crippen MR) is 106 cm³/mol. The number of hydrogen-bond acceptors (Lipinski definition) is 7. The first-order chi connectivity index (χ1) is 13.8. The van der Waals surface area contributed by atoms with E-state index in [1.165, 1.54) is 12.3 Å². The number of carbonyl (C=O) groups is 1. The molecular formula is C19H29ClFN3O5. The molecule has 1 aromatic rings. The number of nitrogens with two attached hydrogens (primary N) is 1.